The van der Waals surface area contributed by atoms with Crippen LogP contribution in [0.15, 0.2) is 72.2 Å². The smallest absolute Gasteiger partial charge is 0.124 e. The molecule has 1 aromatic heterocycles. The average molecular weight is 277 g/mol. The zero-order valence-corrected chi connectivity index (χ0v) is 11.4. The Morgan fingerprint density at radius 1 is 1.10 bits per heavy atom. The molecule has 0 fully saturated rings. The van der Waals surface area contributed by atoms with Crippen LogP contribution in [-0.2, 0) is 6.54 Å². The van der Waals surface area contributed by atoms with Crippen LogP contribution in [-0.4, -0.2) is 20.9 Å². The molecule has 0 spiro atoms. The molecule has 0 aliphatic heterocycles. The fourth-order valence-electron chi connectivity index (χ4n) is 2.03. The summed E-state index contributed by atoms with van der Waals surface area (Å²) in [6, 6.07) is 15.3. The number of hydrogen-bond acceptors (Lipinski definition) is 3. The van der Waals surface area contributed by atoms with Gasteiger partial charge in [-0.2, -0.15) is 0 Å². The lowest BCUT2D eigenvalue weighted by Crippen LogP contribution is -1.90. The number of hydrogen-bond donors (Lipinski definition) is 1. The molecular formula is C17H15N3O. The minimum atomic E-state index is 0.247. The van der Waals surface area contributed by atoms with E-state index in [-0.39, 0.29) is 5.75 Å². The highest BCUT2D eigenvalue weighted by Gasteiger charge is 1.97. The molecule has 104 valence electrons. The molecule has 0 aliphatic carbocycles. The molecule has 1 heterocycles. The minimum Gasteiger partial charge on any atom is -0.507 e. The standard InChI is InChI=1S/C17H15N3O/c21-17-4-2-1-3-15(17)12-19-11-14-5-7-16(8-6-14)20-10-9-18-13-20/h1-10,12-13,21H,11H2. The van der Waals surface area contributed by atoms with E-state index in [0.717, 1.165) is 16.8 Å². The maximum absolute atomic E-state index is 9.65. The Hall–Kier alpha value is -2.88. The number of rotatable bonds is 4. The van der Waals surface area contributed by atoms with Crippen LogP contribution in [0.5, 0.6) is 5.75 Å². The lowest BCUT2D eigenvalue weighted by molar-refractivity contribution is 0.474. The van der Waals surface area contributed by atoms with Crippen molar-refractivity contribution >= 4 is 6.21 Å². The largest absolute Gasteiger partial charge is 0.507 e. The van der Waals surface area contributed by atoms with Gasteiger partial charge >= 0.3 is 0 Å². The van der Waals surface area contributed by atoms with Crippen LogP contribution in [0, 0.1) is 0 Å². The lowest BCUT2D eigenvalue weighted by Gasteiger charge is -2.03. The van der Waals surface area contributed by atoms with Crippen molar-refractivity contribution in [1.29, 1.82) is 0 Å². The molecule has 0 bridgehead atoms. The summed E-state index contributed by atoms with van der Waals surface area (Å²) in [5.74, 6) is 0.247. The molecule has 0 radical (unpaired) electrons. The van der Waals surface area contributed by atoms with E-state index in [1.807, 2.05) is 47.2 Å². The van der Waals surface area contributed by atoms with Gasteiger partial charge in [-0.25, -0.2) is 4.98 Å². The second-order valence-corrected chi connectivity index (χ2v) is 4.67. The van der Waals surface area contributed by atoms with Gasteiger partial charge in [-0.05, 0) is 29.8 Å². The minimum absolute atomic E-state index is 0.247. The number of aromatic nitrogens is 2. The molecule has 21 heavy (non-hydrogen) atoms. The van der Waals surface area contributed by atoms with E-state index in [4.69, 9.17) is 0 Å². The SMILES string of the molecule is Oc1ccccc1C=NCc1ccc(-n2ccnc2)cc1. The lowest BCUT2D eigenvalue weighted by atomic mass is 10.2. The molecule has 0 saturated heterocycles. The highest BCUT2D eigenvalue weighted by molar-refractivity contribution is 5.83. The summed E-state index contributed by atoms with van der Waals surface area (Å²) in [6.45, 7) is 0.582. The predicted molar refractivity (Wildman–Crippen MR) is 83.0 cm³/mol. The first kappa shape index (κ1) is 13.1. The molecule has 2 aromatic carbocycles. The summed E-state index contributed by atoms with van der Waals surface area (Å²) in [7, 11) is 0. The quantitative estimate of drug-likeness (QED) is 0.744. The first-order chi connectivity index (χ1) is 10.3. The molecule has 4 nitrogen and oxygen atoms in total. The van der Waals surface area contributed by atoms with Gasteiger partial charge in [0.15, 0.2) is 0 Å². The van der Waals surface area contributed by atoms with Crippen LogP contribution in [0.4, 0.5) is 0 Å². The number of aliphatic imine (C=N–C) groups is 1. The van der Waals surface area contributed by atoms with E-state index in [1.54, 1.807) is 30.9 Å². The van der Waals surface area contributed by atoms with Gasteiger partial charge < -0.3 is 9.67 Å². The molecule has 0 saturated carbocycles. The highest BCUT2D eigenvalue weighted by atomic mass is 16.3. The maximum Gasteiger partial charge on any atom is 0.124 e. The number of para-hydroxylation sites is 1. The summed E-state index contributed by atoms with van der Waals surface area (Å²) >= 11 is 0. The van der Waals surface area contributed by atoms with Crippen LogP contribution in [0.3, 0.4) is 0 Å². The molecule has 1 N–H and O–H groups in total. The van der Waals surface area contributed by atoms with Crippen molar-refractivity contribution in [3.63, 3.8) is 0 Å². The van der Waals surface area contributed by atoms with Crippen LogP contribution in [0.2, 0.25) is 0 Å². The van der Waals surface area contributed by atoms with E-state index in [1.165, 1.54) is 0 Å². The molecular weight excluding hydrogens is 262 g/mol. The fraction of sp³-hybridized carbons (Fsp3) is 0.0588. The zero-order valence-electron chi connectivity index (χ0n) is 11.4. The zero-order chi connectivity index (χ0) is 14.5. The molecule has 0 unspecified atom stereocenters. The molecule has 4 heteroatoms. The van der Waals surface area contributed by atoms with Crippen molar-refractivity contribution in [2.45, 2.75) is 6.54 Å². The number of imidazole rings is 1. The van der Waals surface area contributed by atoms with Crippen LogP contribution < -0.4 is 0 Å². The van der Waals surface area contributed by atoms with Crippen LogP contribution >= 0.6 is 0 Å². The summed E-state index contributed by atoms with van der Waals surface area (Å²) in [5.41, 5.74) is 2.92. The van der Waals surface area contributed by atoms with Gasteiger partial charge in [0.05, 0.1) is 12.9 Å². The summed E-state index contributed by atoms with van der Waals surface area (Å²) in [5, 5.41) is 9.65. The first-order valence-electron chi connectivity index (χ1n) is 6.68. The van der Waals surface area contributed by atoms with Crippen molar-refractivity contribution in [2.24, 2.45) is 4.99 Å². The molecule has 0 aliphatic rings. The second kappa shape index (κ2) is 6.05. The number of nitrogens with zero attached hydrogens (tertiary/aromatic N) is 3. The third-order valence-electron chi connectivity index (χ3n) is 3.18. The number of phenolic OH excluding ortho intramolecular Hbond substituents is 1. The Bertz CT molecular complexity index is 731. The molecule has 0 atom stereocenters. The van der Waals surface area contributed by atoms with Gasteiger partial charge in [0.25, 0.3) is 0 Å². The van der Waals surface area contributed by atoms with Gasteiger partial charge in [0, 0.05) is 29.9 Å². The normalized spacial score (nSPS) is 11.0. The molecule has 3 rings (SSSR count). The number of aromatic hydroxyl groups is 1. The second-order valence-electron chi connectivity index (χ2n) is 4.67. The third kappa shape index (κ3) is 3.17. The maximum atomic E-state index is 9.65. The monoisotopic (exact) mass is 277 g/mol. The Kier molecular flexibility index (Phi) is 3.78. The van der Waals surface area contributed by atoms with Crippen molar-refractivity contribution in [2.75, 3.05) is 0 Å². The topological polar surface area (TPSA) is 50.4 Å². The Balaban J connectivity index is 1.67. The van der Waals surface area contributed by atoms with Crippen molar-refractivity contribution < 1.29 is 5.11 Å². The first-order valence-corrected chi connectivity index (χ1v) is 6.68. The van der Waals surface area contributed by atoms with Gasteiger partial charge in [-0.1, -0.05) is 24.3 Å². The molecule has 3 aromatic rings. The van der Waals surface area contributed by atoms with Gasteiger partial charge in [-0.15, -0.1) is 0 Å². The van der Waals surface area contributed by atoms with E-state index in [2.05, 4.69) is 9.98 Å². The summed E-state index contributed by atoms with van der Waals surface area (Å²) < 4.78 is 1.95. The molecule has 0 amide bonds. The van der Waals surface area contributed by atoms with E-state index in [0.29, 0.717) is 6.54 Å². The van der Waals surface area contributed by atoms with Crippen LogP contribution in [0.1, 0.15) is 11.1 Å². The predicted octanol–water partition coefficient (Wildman–Crippen LogP) is 3.20. The Morgan fingerprint density at radius 2 is 1.90 bits per heavy atom. The van der Waals surface area contributed by atoms with E-state index >= 15 is 0 Å². The highest BCUT2D eigenvalue weighted by Crippen LogP contribution is 2.14. The Labute approximate surface area is 123 Å². The van der Waals surface area contributed by atoms with Crippen molar-refractivity contribution in [3.8, 4) is 11.4 Å². The number of phenols is 1. The van der Waals surface area contributed by atoms with Gasteiger partial charge in [0.1, 0.15) is 5.75 Å². The fourth-order valence-corrected chi connectivity index (χ4v) is 2.03. The Morgan fingerprint density at radius 3 is 2.62 bits per heavy atom. The van der Waals surface area contributed by atoms with E-state index in [9.17, 15) is 5.11 Å². The van der Waals surface area contributed by atoms with Gasteiger partial charge in [0.2, 0.25) is 0 Å². The van der Waals surface area contributed by atoms with Crippen LogP contribution in [0.25, 0.3) is 5.69 Å². The average Bonchev–Trinajstić information content (AvgIpc) is 3.04. The van der Waals surface area contributed by atoms with E-state index < -0.39 is 0 Å². The summed E-state index contributed by atoms with van der Waals surface area (Å²) in [4.78, 5) is 8.39. The van der Waals surface area contributed by atoms with Crippen molar-refractivity contribution in [3.05, 3.63) is 78.4 Å². The van der Waals surface area contributed by atoms with Crippen molar-refractivity contribution in [1.82, 2.24) is 9.55 Å². The third-order valence-corrected chi connectivity index (χ3v) is 3.18. The summed E-state index contributed by atoms with van der Waals surface area (Å²) in [6.07, 6.45) is 7.13. The number of benzene rings is 2. The van der Waals surface area contributed by atoms with Gasteiger partial charge in [-0.3, -0.25) is 4.99 Å².